The Morgan fingerprint density at radius 1 is 0.774 bits per heavy atom. The topological polar surface area (TPSA) is 71.5 Å². The van der Waals surface area contributed by atoms with Crippen molar-refractivity contribution in [3.05, 3.63) is 101 Å². The molecule has 0 saturated carbocycles. The number of para-hydroxylation sites is 1. The van der Waals surface area contributed by atoms with E-state index in [1.54, 1.807) is 60.7 Å². The van der Waals surface area contributed by atoms with Gasteiger partial charge in [-0.3, -0.25) is 4.31 Å². The van der Waals surface area contributed by atoms with Crippen molar-refractivity contribution < 1.29 is 16.8 Å². The lowest BCUT2D eigenvalue weighted by Gasteiger charge is -2.25. The third kappa shape index (κ3) is 4.16. The van der Waals surface area contributed by atoms with Gasteiger partial charge in [-0.25, -0.2) is 16.8 Å². The quantitative estimate of drug-likeness (QED) is 0.574. The summed E-state index contributed by atoms with van der Waals surface area (Å²) in [6, 6.07) is 19.9. The fraction of sp³-hybridized carbons (Fsp3) is 0.167. The molecular weight excluding hydrogens is 430 g/mol. The van der Waals surface area contributed by atoms with Crippen LogP contribution in [0.5, 0.6) is 0 Å². The Hall–Kier alpha value is -2.90. The van der Waals surface area contributed by atoms with Crippen LogP contribution in [-0.2, 0) is 26.3 Å². The van der Waals surface area contributed by atoms with E-state index >= 15 is 0 Å². The highest BCUT2D eigenvalue weighted by atomic mass is 32.2. The van der Waals surface area contributed by atoms with Gasteiger partial charge in [-0.1, -0.05) is 53.6 Å². The Labute approximate surface area is 183 Å². The first-order valence-electron chi connectivity index (χ1n) is 9.87. The van der Waals surface area contributed by atoms with E-state index in [2.05, 4.69) is 0 Å². The summed E-state index contributed by atoms with van der Waals surface area (Å²) in [5.74, 6) is 0. The predicted molar refractivity (Wildman–Crippen MR) is 122 cm³/mol. The molecule has 0 saturated heterocycles. The lowest BCUT2D eigenvalue weighted by molar-refractivity contribution is 0.587. The van der Waals surface area contributed by atoms with Gasteiger partial charge in [0.05, 0.1) is 21.5 Å². The van der Waals surface area contributed by atoms with Crippen molar-refractivity contribution in [3.8, 4) is 0 Å². The maximum Gasteiger partial charge on any atom is 0.264 e. The second-order valence-electron chi connectivity index (χ2n) is 7.70. The van der Waals surface area contributed by atoms with E-state index < -0.39 is 25.9 Å². The van der Waals surface area contributed by atoms with Crippen LogP contribution < -0.4 is 4.31 Å². The van der Waals surface area contributed by atoms with Gasteiger partial charge in [0.2, 0.25) is 0 Å². The Morgan fingerprint density at radius 3 is 1.94 bits per heavy atom. The number of aryl methyl sites for hydroxylation is 2. The summed E-state index contributed by atoms with van der Waals surface area (Å²) in [6.45, 7) is 3.78. The normalized spacial score (nSPS) is 16.6. The summed E-state index contributed by atoms with van der Waals surface area (Å²) >= 11 is 0. The molecule has 4 rings (SSSR count). The van der Waals surface area contributed by atoms with E-state index in [1.165, 1.54) is 10.4 Å². The van der Waals surface area contributed by atoms with E-state index in [9.17, 15) is 16.8 Å². The molecule has 1 aliphatic heterocycles. The van der Waals surface area contributed by atoms with Crippen LogP contribution in [0, 0.1) is 13.8 Å². The van der Waals surface area contributed by atoms with Crippen molar-refractivity contribution in [2.75, 3.05) is 4.31 Å². The number of sulfone groups is 1. The van der Waals surface area contributed by atoms with Gasteiger partial charge < -0.3 is 0 Å². The van der Waals surface area contributed by atoms with E-state index in [-0.39, 0.29) is 9.79 Å². The van der Waals surface area contributed by atoms with Crippen molar-refractivity contribution in [1.82, 2.24) is 0 Å². The number of nitrogens with zero attached hydrogens (tertiary/aromatic N) is 1. The summed E-state index contributed by atoms with van der Waals surface area (Å²) in [5, 5.41) is 1.12. The van der Waals surface area contributed by atoms with E-state index in [0.29, 0.717) is 12.1 Å². The van der Waals surface area contributed by atoms with Gasteiger partial charge in [0.1, 0.15) is 0 Å². The van der Waals surface area contributed by atoms with Crippen molar-refractivity contribution >= 4 is 25.5 Å². The molecule has 0 bridgehead atoms. The van der Waals surface area contributed by atoms with E-state index in [0.717, 1.165) is 22.1 Å². The van der Waals surface area contributed by atoms with Crippen LogP contribution in [0.1, 0.15) is 16.7 Å². The zero-order chi connectivity index (χ0) is 22.2. The van der Waals surface area contributed by atoms with Gasteiger partial charge in [0.15, 0.2) is 9.84 Å². The average Bonchev–Trinajstić information content (AvgIpc) is 3.12. The van der Waals surface area contributed by atoms with Crippen LogP contribution in [0.15, 0.2) is 94.1 Å². The first-order valence-corrected chi connectivity index (χ1v) is 12.9. The zero-order valence-corrected chi connectivity index (χ0v) is 18.9. The summed E-state index contributed by atoms with van der Waals surface area (Å²) in [6.07, 6.45) is 1.88. The molecule has 0 fully saturated rings. The van der Waals surface area contributed by atoms with Crippen LogP contribution in [0.3, 0.4) is 0 Å². The van der Waals surface area contributed by atoms with Crippen LogP contribution >= 0.6 is 0 Å². The molecule has 0 radical (unpaired) electrons. The number of anilines is 1. The minimum atomic E-state index is -3.87. The molecule has 0 aliphatic carbocycles. The van der Waals surface area contributed by atoms with Gasteiger partial charge >= 0.3 is 0 Å². The lowest BCUT2D eigenvalue weighted by Crippen LogP contribution is -2.36. The lowest BCUT2D eigenvalue weighted by atomic mass is 10.1. The number of rotatable bonds is 5. The summed E-state index contributed by atoms with van der Waals surface area (Å²) < 4.78 is 53.9. The predicted octanol–water partition coefficient (Wildman–Crippen LogP) is 4.41. The Kier molecular flexibility index (Phi) is 5.49. The third-order valence-electron chi connectivity index (χ3n) is 5.37. The van der Waals surface area contributed by atoms with Gasteiger partial charge in [-0.15, -0.1) is 0 Å². The minimum Gasteiger partial charge on any atom is -0.259 e. The maximum absolute atomic E-state index is 13.5. The highest BCUT2D eigenvalue weighted by Crippen LogP contribution is 2.37. The molecule has 0 N–H and O–H groups in total. The van der Waals surface area contributed by atoms with E-state index in [1.807, 2.05) is 26.0 Å². The molecule has 31 heavy (non-hydrogen) atoms. The second kappa shape index (κ2) is 7.98. The Bertz CT molecular complexity index is 1340. The summed E-state index contributed by atoms with van der Waals surface area (Å²) in [5.41, 5.74) is 3.36. The molecule has 1 unspecified atom stereocenters. The maximum atomic E-state index is 13.5. The molecule has 0 spiro atoms. The Balaban J connectivity index is 1.74. The van der Waals surface area contributed by atoms with Crippen molar-refractivity contribution in [1.29, 1.82) is 0 Å². The fourth-order valence-electron chi connectivity index (χ4n) is 3.66. The number of hydrogen-bond donors (Lipinski definition) is 0. The number of fused-ring (bicyclic) bond motifs is 1. The zero-order valence-electron chi connectivity index (χ0n) is 17.3. The number of benzene rings is 3. The smallest absolute Gasteiger partial charge is 0.259 e. The molecule has 3 aromatic rings. The van der Waals surface area contributed by atoms with Crippen LogP contribution in [0.4, 0.5) is 5.69 Å². The van der Waals surface area contributed by atoms with Crippen LogP contribution in [-0.4, -0.2) is 22.9 Å². The third-order valence-corrected chi connectivity index (χ3v) is 8.66. The monoisotopic (exact) mass is 453 g/mol. The summed E-state index contributed by atoms with van der Waals surface area (Å²) in [4.78, 5) is 0.354. The molecule has 1 atom stereocenters. The van der Waals surface area contributed by atoms with Crippen molar-refractivity contribution in [3.63, 3.8) is 0 Å². The van der Waals surface area contributed by atoms with Gasteiger partial charge in [0.25, 0.3) is 10.0 Å². The second-order valence-corrected chi connectivity index (χ2v) is 11.3. The largest absolute Gasteiger partial charge is 0.264 e. The SMILES string of the molecule is Cc1ccc(S(=O)(=O)/C=C/C2Cc3ccccc3N2S(=O)(=O)c2ccc(C)cc2)cc1. The molecule has 3 aromatic carbocycles. The molecule has 7 heteroatoms. The summed E-state index contributed by atoms with van der Waals surface area (Å²) in [7, 11) is -7.56. The first-order chi connectivity index (χ1) is 14.7. The van der Waals surface area contributed by atoms with Crippen molar-refractivity contribution in [2.24, 2.45) is 0 Å². The van der Waals surface area contributed by atoms with Crippen LogP contribution in [0.25, 0.3) is 0 Å². The molecule has 0 aromatic heterocycles. The average molecular weight is 454 g/mol. The standard InChI is InChI=1S/C24H23NO4S2/c1-18-7-11-22(12-8-18)30(26,27)16-15-21-17-20-5-3-4-6-24(20)25(21)31(28,29)23-13-9-19(2)10-14-23/h3-16,21H,17H2,1-2H3/b16-15+. The molecule has 1 aliphatic rings. The molecular formula is C24H23NO4S2. The number of hydrogen-bond acceptors (Lipinski definition) is 4. The molecule has 5 nitrogen and oxygen atoms in total. The van der Waals surface area contributed by atoms with Gasteiger partial charge in [-0.05, 0) is 62.2 Å². The van der Waals surface area contributed by atoms with Crippen LogP contribution in [0.2, 0.25) is 0 Å². The molecule has 160 valence electrons. The van der Waals surface area contributed by atoms with Gasteiger partial charge in [0, 0.05) is 5.41 Å². The fourth-order valence-corrected chi connectivity index (χ4v) is 6.37. The highest BCUT2D eigenvalue weighted by Gasteiger charge is 2.37. The molecule has 1 heterocycles. The number of sulfonamides is 1. The highest BCUT2D eigenvalue weighted by molar-refractivity contribution is 7.94. The minimum absolute atomic E-state index is 0.176. The van der Waals surface area contributed by atoms with E-state index in [4.69, 9.17) is 0 Å². The molecule has 0 amide bonds. The van der Waals surface area contributed by atoms with Gasteiger partial charge in [-0.2, -0.15) is 0 Å². The Morgan fingerprint density at radius 2 is 1.32 bits per heavy atom. The first kappa shape index (κ1) is 21.3. The van der Waals surface area contributed by atoms with Crippen molar-refractivity contribution in [2.45, 2.75) is 36.1 Å².